The first-order valence-corrected chi connectivity index (χ1v) is 9.81. The van der Waals surface area contributed by atoms with Gasteiger partial charge in [0.05, 0.1) is 35.1 Å². The van der Waals surface area contributed by atoms with Gasteiger partial charge in [0.2, 0.25) is 0 Å². The normalized spacial score (nSPS) is 14.8. The summed E-state index contributed by atoms with van der Waals surface area (Å²) in [6, 6.07) is 12.0. The van der Waals surface area contributed by atoms with Crippen molar-refractivity contribution in [3.05, 3.63) is 53.6 Å². The number of aryl methyl sites for hydroxylation is 1. The number of likely N-dealkylation sites (N-methyl/N-ethyl adjacent to an activating group) is 1. The van der Waals surface area contributed by atoms with E-state index in [0.29, 0.717) is 12.1 Å². The lowest BCUT2D eigenvalue weighted by molar-refractivity contribution is 0.312. The molecular weight excluding hydrogens is 362 g/mol. The molecule has 3 aromatic rings. The quantitative estimate of drug-likeness (QED) is 0.681. The smallest absolute Gasteiger partial charge is 0.132 e. The number of pyridine rings is 1. The zero-order valence-electron chi connectivity index (χ0n) is 17.1. The largest absolute Gasteiger partial charge is 0.367 e. The molecule has 1 aliphatic rings. The molecule has 0 saturated carbocycles. The number of hydrogen-bond donors (Lipinski definition) is 0. The van der Waals surface area contributed by atoms with Gasteiger partial charge in [-0.3, -0.25) is 4.98 Å². The Morgan fingerprint density at radius 1 is 1.14 bits per heavy atom. The maximum Gasteiger partial charge on any atom is 0.132 e. The van der Waals surface area contributed by atoms with Crippen LogP contribution in [0.3, 0.4) is 0 Å². The average molecular weight is 387 g/mol. The molecule has 0 atom stereocenters. The van der Waals surface area contributed by atoms with Crippen molar-refractivity contribution in [1.82, 2.24) is 19.9 Å². The highest BCUT2D eigenvalue weighted by Gasteiger charge is 2.17. The number of fused-ring (bicyclic) bond motifs is 1. The summed E-state index contributed by atoms with van der Waals surface area (Å²) in [5, 5.41) is 10.4. The molecule has 0 amide bonds. The van der Waals surface area contributed by atoms with Crippen LogP contribution in [-0.2, 0) is 6.54 Å². The van der Waals surface area contributed by atoms with Crippen LogP contribution in [0, 0.1) is 18.3 Å². The topological polar surface area (TPSA) is 72.2 Å². The van der Waals surface area contributed by atoms with E-state index in [0.717, 1.165) is 60.1 Å². The van der Waals surface area contributed by atoms with Gasteiger partial charge >= 0.3 is 0 Å². The summed E-state index contributed by atoms with van der Waals surface area (Å²) < 4.78 is 0. The van der Waals surface area contributed by atoms with Gasteiger partial charge in [0, 0.05) is 50.9 Å². The highest BCUT2D eigenvalue weighted by atomic mass is 15.3. The molecule has 148 valence electrons. The van der Waals surface area contributed by atoms with E-state index in [1.807, 2.05) is 38.2 Å². The van der Waals surface area contributed by atoms with Crippen molar-refractivity contribution in [2.75, 3.05) is 50.1 Å². The predicted octanol–water partition coefficient (Wildman–Crippen LogP) is 2.59. The molecule has 1 aliphatic heterocycles. The molecule has 7 nitrogen and oxygen atoms in total. The van der Waals surface area contributed by atoms with Crippen molar-refractivity contribution in [1.29, 1.82) is 5.26 Å². The molecule has 1 aromatic carbocycles. The Balaban J connectivity index is 1.63. The van der Waals surface area contributed by atoms with E-state index in [4.69, 9.17) is 0 Å². The van der Waals surface area contributed by atoms with Gasteiger partial charge in [-0.25, -0.2) is 9.97 Å². The molecule has 4 rings (SSSR count). The van der Waals surface area contributed by atoms with Crippen molar-refractivity contribution >= 4 is 22.4 Å². The number of nitriles is 1. The number of nitrogens with zero attached hydrogens (tertiary/aromatic N) is 7. The lowest BCUT2D eigenvalue weighted by Crippen LogP contribution is -2.45. The Kier molecular flexibility index (Phi) is 5.28. The van der Waals surface area contributed by atoms with E-state index in [1.54, 1.807) is 6.20 Å². The number of aromatic nitrogens is 3. The van der Waals surface area contributed by atoms with Crippen LogP contribution in [0.25, 0.3) is 10.9 Å². The molecule has 0 radical (unpaired) electrons. The van der Waals surface area contributed by atoms with Gasteiger partial charge in [0.1, 0.15) is 11.6 Å². The van der Waals surface area contributed by atoms with E-state index < -0.39 is 0 Å². The number of hydrogen-bond acceptors (Lipinski definition) is 7. The molecular formula is C22H25N7. The van der Waals surface area contributed by atoms with Gasteiger partial charge in [-0.05, 0) is 32.2 Å². The second kappa shape index (κ2) is 8.02. The lowest BCUT2D eigenvalue weighted by atomic mass is 10.1. The van der Waals surface area contributed by atoms with E-state index >= 15 is 0 Å². The van der Waals surface area contributed by atoms with Crippen LogP contribution in [0.2, 0.25) is 0 Å². The molecule has 2 aromatic heterocycles. The van der Waals surface area contributed by atoms with Crippen LogP contribution >= 0.6 is 0 Å². The number of rotatable bonds is 4. The Bertz CT molecular complexity index is 1060. The van der Waals surface area contributed by atoms with Crippen LogP contribution in [0.15, 0.2) is 36.5 Å². The first kappa shape index (κ1) is 19.1. The predicted molar refractivity (Wildman–Crippen MR) is 115 cm³/mol. The van der Waals surface area contributed by atoms with Crippen molar-refractivity contribution in [2.24, 2.45) is 0 Å². The van der Waals surface area contributed by atoms with Crippen molar-refractivity contribution in [3.8, 4) is 6.07 Å². The standard InChI is InChI=1S/C22H25N7/c1-16-25-19(13-21(26-16)29-9-7-27(2)8-10-29)15-28(3)20-12-17(14-23)11-18-5-4-6-24-22(18)20/h4-6,11-13H,7-10,15H2,1-3H3. The zero-order chi connectivity index (χ0) is 20.4. The minimum Gasteiger partial charge on any atom is -0.367 e. The molecule has 3 heterocycles. The molecule has 0 N–H and O–H groups in total. The molecule has 0 aliphatic carbocycles. The van der Waals surface area contributed by atoms with Gasteiger partial charge in [-0.1, -0.05) is 6.07 Å². The third-order valence-corrected chi connectivity index (χ3v) is 5.33. The molecule has 29 heavy (non-hydrogen) atoms. The minimum absolute atomic E-state index is 0.616. The van der Waals surface area contributed by atoms with E-state index in [9.17, 15) is 5.26 Å². The molecule has 0 bridgehead atoms. The maximum atomic E-state index is 9.41. The van der Waals surface area contributed by atoms with Gasteiger partial charge in [0.15, 0.2) is 0 Å². The number of anilines is 2. The molecule has 7 heteroatoms. The average Bonchev–Trinajstić information content (AvgIpc) is 2.73. The van der Waals surface area contributed by atoms with Crippen molar-refractivity contribution in [3.63, 3.8) is 0 Å². The van der Waals surface area contributed by atoms with Crippen molar-refractivity contribution in [2.45, 2.75) is 13.5 Å². The van der Waals surface area contributed by atoms with Gasteiger partial charge in [0.25, 0.3) is 0 Å². The van der Waals surface area contributed by atoms with Gasteiger partial charge in [-0.2, -0.15) is 5.26 Å². The first-order chi connectivity index (χ1) is 14.0. The highest BCUT2D eigenvalue weighted by molar-refractivity contribution is 5.92. The zero-order valence-corrected chi connectivity index (χ0v) is 17.1. The Morgan fingerprint density at radius 3 is 2.69 bits per heavy atom. The van der Waals surface area contributed by atoms with Crippen LogP contribution in [0.5, 0.6) is 0 Å². The van der Waals surface area contributed by atoms with E-state index in [2.05, 4.69) is 48.8 Å². The van der Waals surface area contributed by atoms with Gasteiger partial charge in [-0.15, -0.1) is 0 Å². The summed E-state index contributed by atoms with van der Waals surface area (Å²) in [5.74, 6) is 1.77. The first-order valence-electron chi connectivity index (χ1n) is 9.81. The fourth-order valence-electron chi connectivity index (χ4n) is 3.75. The molecule has 0 spiro atoms. The Hall–Kier alpha value is -3.24. The summed E-state index contributed by atoms with van der Waals surface area (Å²) in [5.41, 5.74) is 3.40. The number of benzene rings is 1. The second-order valence-electron chi connectivity index (χ2n) is 7.59. The van der Waals surface area contributed by atoms with Crippen molar-refractivity contribution < 1.29 is 0 Å². The third-order valence-electron chi connectivity index (χ3n) is 5.33. The van der Waals surface area contributed by atoms with E-state index in [-0.39, 0.29) is 0 Å². The summed E-state index contributed by atoms with van der Waals surface area (Å²) in [6.45, 7) is 6.58. The molecule has 1 saturated heterocycles. The fourth-order valence-corrected chi connectivity index (χ4v) is 3.75. The van der Waals surface area contributed by atoms with E-state index in [1.165, 1.54) is 0 Å². The van der Waals surface area contributed by atoms with Crippen LogP contribution < -0.4 is 9.80 Å². The maximum absolute atomic E-state index is 9.41. The minimum atomic E-state index is 0.616. The number of piperazine rings is 1. The monoisotopic (exact) mass is 387 g/mol. The second-order valence-corrected chi connectivity index (χ2v) is 7.59. The van der Waals surface area contributed by atoms with Crippen LogP contribution in [0.4, 0.5) is 11.5 Å². The SMILES string of the molecule is Cc1nc(CN(C)c2cc(C#N)cc3cccnc23)cc(N2CCN(C)CC2)n1. The summed E-state index contributed by atoms with van der Waals surface area (Å²) in [6.07, 6.45) is 1.78. The summed E-state index contributed by atoms with van der Waals surface area (Å²) >= 11 is 0. The van der Waals surface area contributed by atoms with Gasteiger partial charge < -0.3 is 14.7 Å². The van der Waals surface area contributed by atoms with Crippen LogP contribution in [-0.4, -0.2) is 60.1 Å². The molecule has 0 unspecified atom stereocenters. The van der Waals surface area contributed by atoms with Crippen LogP contribution in [0.1, 0.15) is 17.1 Å². The molecule has 1 fully saturated rings. The Labute approximate surface area is 171 Å². The summed E-state index contributed by atoms with van der Waals surface area (Å²) in [4.78, 5) is 20.6. The lowest BCUT2D eigenvalue weighted by Gasteiger charge is -2.33. The summed E-state index contributed by atoms with van der Waals surface area (Å²) in [7, 11) is 4.16. The third kappa shape index (κ3) is 4.13. The Morgan fingerprint density at radius 2 is 1.93 bits per heavy atom. The fraction of sp³-hybridized carbons (Fsp3) is 0.364. The highest BCUT2D eigenvalue weighted by Crippen LogP contribution is 2.27.